The molecule has 1 atom stereocenters. The van der Waals surface area contributed by atoms with Gasteiger partial charge in [-0.1, -0.05) is 96.9 Å². The van der Waals surface area contributed by atoms with Crippen molar-refractivity contribution in [1.82, 2.24) is 10.2 Å². The van der Waals surface area contributed by atoms with E-state index in [1.54, 1.807) is 16.7 Å². The van der Waals surface area contributed by atoms with Crippen LogP contribution in [-0.4, -0.2) is 35.1 Å². The van der Waals surface area contributed by atoms with E-state index in [1.165, 1.54) is 11.1 Å². The highest BCUT2D eigenvalue weighted by Crippen LogP contribution is 2.22. The summed E-state index contributed by atoms with van der Waals surface area (Å²) in [5, 5.41) is 3.59. The van der Waals surface area contributed by atoms with E-state index in [9.17, 15) is 9.59 Å². The van der Waals surface area contributed by atoms with Crippen molar-refractivity contribution in [2.45, 2.75) is 45.0 Å². The Morgan fingerprint density at radius 1 is 0.971 bits per heavy atom. The first kappa shape index (κ1) is 26.8. The first-order valence-electron chi connectivity index (χ1n) is 12.0. The Morgan fingerprint density at radius 3 is 2.40 bits per heavy atom. The highest BCUT2D eigenvalue weighted by atomic mass is 35.5. The molecular formula is C29H33ClN2O2S. The van der Waals surface area contributed by atoms with Gasteiger partial charge in [-0.3, -0.25) is 9.59 Å². The van der Waals surface area contributed by atoms with Crippen molar-refractivity contribution in [3.05, 3.63) is 106 Å². The van der Waals surface area contributed by atoms with Crippen LogP contribution in [0, 0.1) is 6.92 Å². The van der Waals surface area contributed by atoms with Gasteiger partial charge in [0.2, 0.25) is 11.8 Å². The van der Waals surface area contributed by atoms with Gasteiger partial charge in [-0.25, -0.2) is 0 Å². The molecule has 0 aliphatic carbocycles. The lowest BCUT2D eigenvalue weighted by Crippen LogP contribution is -2.51. The third-order valence-corrected chi connectivity index (χ3v) is 7.05. The minimum atomic E-state index is -0.632. The van der Waals surface area contributed by atoms with Gasteiger partial charge in [-0.05, 0) is 36.1 Å². The molecule has 0 aliphatic rings. The molecular weight excluding hydrogens is 476 g/mol. The second-order valence-electron chi connectivity index (χ2n) is 8.59. The van der Waals surface area contributed by atoms with Gasteiger partial charge in [-0.2, -0.15) is 0 Å². The van der Waals surface area contributed by atoms with E-state index in [4.69, 9.17) is 11.6 Å². The Hall–Kier alpha value is -2.76. The summed E-state index contributed by atoms with van der Waals surface area (Å²) < 4.78 is 0. The molecule has 0 heterocycles. The Balaban J connectivity index is 1.84. The van der Waals surface area contributed by atoms with Crippen molar-refractivity contribution in [2.75, 3.05) is 12.3 Å². The molecule has 0 aliphatic heterocycles. The predicted octanol–water partition coefficient (Wildman–Crippen LogP) is 6.05. The zero-order valence-electron chi connectivity index (χ0n) is 20.4. The molecule has 0 radical (unpaired) electrons. The highest BCUT2D eigenvalue weighted by Gasteiger charge is 2.30. The molecule has 4 nitrogen and oxygen atoms in total. The standard InChI is InChI=1S/C29H33ClN2O2S/c1-3-16-31-29(34)27(18-23-11-5-4-6-12-23)32(19-25-14-7-8-15-26(25)30)28(33)21-35-20-24-13-9-10-22(2)17-24/h4-15,17,27H,3,16,18-21H2,1-2H3,(H,31,34)/t27-/m1/s1. The van der Waals surface area contributed by atoms with Crippen LogP contribution in [0.1, 0.15) is 35.6 Å². The topological polar surface area (TPSA) is 49.4 Å². The molecule has 3 aromatic rings. The fourth-order valence-corrected chi connectivity index (χ4v) is 4.92. The third-order valence-electron chi connectivity index (χ3n) is 5.70. The van der Waals surface area contributed by atoms with E-state index in [2.05, 4.69) is 30.4 Å². The van der Waals surface area contributed by atoms with E-state index in [0.29, 0.717) is 18.0 Å². The monoisotopic (exact) mass is 508 g/mol. The zero-order chi connectivity index (χ0) is 25.0. The van der Waals surface area contributed by atoms with Crippen LogP contribution in [0.2, 0.25) is 5.02 Å². The second kappa shape index (κ2) is 14.0. The summed E-state index contributed by atoms with van der Waals surface area (Å²) in [5.41, 5.74) is 4.22. The number of amides is 2. The van der Waals surface area contributed by atoms with Crippen LogP contribution in [-0.2, 0) is 28.3 Å². The van der Waals surface area contributed by atoms with Crippen molar-refractivity contribution in [1.29, 1.82) is 0 Å². The lowest BCUT2D eigenvalue weighted by molar-refractivity contribution is -0.139. The summed E-state index contributed by atoms with van der Waals surface area (Å²) >= 11 is 8.02. The van der Waals surface area contributed by atoms with E-state index in [-0.39, 0.29) is 24.1 Å². The van der Waals surface area contributed by atoms with Gasteiger partial charge in [0.05, 0.1) is 5.75 Å². The van der Waals surface area contributed by atoms with Crippen LogP contribution in [0.15, 0.2) is 78.9 Å². The van der Waals surface area contributed by atoms with Gasteiger partial charge >= 0.3 is 0 Å². The first-order chi connectivity index (χ1) is 17.0. The van der Waals surface area contributed by atoms with Crippen LogP contribution in [0.5, 0.6) is 0 Å². The minimum absolute atomic E-state index is 0.0739. The largest absolute Gasteiger partial charge is 0.354 e. The molecule has 1 N–H and O–H groups in total. The van der Waals surface area contributed by atoms with Crippen molar-refractivity contribution in [2.24, 2.45) is 0 Å². The number of thioether (sulfide) groups is 1. The zero-order valence-corrected chi connectivity index (χ0v) is 21.9. The lowest BCUT2D eigenvalue weighted by atomic mass is 10.0. The Labute approximate surface area is 218 Å². The van der Waals surface area contributed by atoms with Gasteiger partial charge in [0.15, 0.2) is 0 Å². The number of carbonyl (C=O) groups is 2. The van der Waals surface area contributed by atoms with Gasteiger partial charge in [0.1, 0.15) is 6.04 Å². The van der Waals surface area contributed by atoms with Crippen LogP contribution in [0.25, 0.3) is 0 Å². The summed E-state index contributed by atoms with van der Waals surface area (Å²) in [5.74, 6) is 0.804. The summed E-state index contributed by atoms with van der Waals surface area (Å²) in [7, 11) is 0. The number of hydrogen-bond donors (Lipinski definition) is 1. The third kappa shape index (κ3) is 8.44. The molecule has 0 saturated heterocycles. The summed E-state index contributed by atoms with van der Waals surface area (Å²) in [6, 6.07) is 25.0. The second-order valence-corrected chi connectivity index (χ2v) is 9.98. The molecule has 0 unspecified atom stereocenters. The van der Waals surface area contributed by atoms with Crippen LogP contribution in [0.4, 0.5) is 0 Å². The molecule has 0 saturated carbocycles. The van der Waals surface area contributed by atoms with Crippen molar-refractivity contribution in [3.8, 4) is 0 Å². The van der Waals surface area contributed by atoms with E-state index in [0.717, 1.165) is 23.3 Å². The smallest absolute Gasteiger partial charge is 0.243 e. The number of hydrogen-bond acceptors (Lipinski definition) is 3. The quantitative estimate of drug-likeness (QED) is 0.324. The number of benzene rings is 3. The fourth-order valence-electron chi connectivity index (χ4n) is 3.87. The summed E-state index contributed by atoms with van der Waals surface area (Å²) in [6.07, 6.45) is 1.27. The predicted molar refractivity (Wildman–Crippen MR) is 147 cm³/mol. The van der Waals surface area contributed by atoms with Crippen molar-refractivity contribution < 1.29 is 9.59 Å². The summed E-state index contributed by atoms with van der Waals surface area (Å²) in [4.78, 5) is 28.6. The molecule has 3 aromatic carbocycles. The van der Waals surface area contributed by atoms with E-state index < -0.39 is 6.04 Å². The molecule has 184 valence electrons. The van der Waals surface area contributed by atoms with Gasteiger partial charge < -0.3 is 10.2 Å². The molecule has 0 spiro atoms. The Bertz CT molecular complexity index is 1110. The highest BCUT2D eigenvalue weighted by molar-refractivity contribution is 7.99. The molecule has 0 bridgehead atoms. The Kier molecular flexibility index (Phi) is 10.7. The number of carbonyl (C=O) groups excluding carboxylic acids is 2. The van der Waals surface area contributed by atoms with Gasteiger partial charge in [0.25, 0.3) is 0 Å². The van der Waals surface area contributed by atoms with Crippen molar-refractivity contribution >= 4 is 35.2 Å². The maximum absolute atomic E-state index is 13.6. The van der Waals surface area contributed by atoms with Gasteiger partial charge in [0, 0.05) is 30.3 Å². The van der Waals surface area contributed by atoms with Crippen LogP contribution in [0.3, 0.4) is 0 Å². The van der Waals surface area contributed by atoms with E-state index in [1.807, 2.05) is 67.6 Å². The SMILES string of the molecule is CCCNC(=O)[C@@H](Cc1ccccc1)N(Cc1ccccc1Cl)C(=O)CSCc1cccc(C)c1. The normalized spacial score (nSPS) is 11.6. The molecule has 0 fully saturated rings. The number of rotatable bonds is 12. The number of aryl methyl sites for hydroxylation is 1. The molecule has 0 aromatic heterocycles. The maximum atomic E-state index is 13.6. The average molecular weight is 509 g/mol. The van der Waals surface area contributed by atoms with Crippen LogP contribution >= 0.6 is 23.4 Å². The maximum Gasteiger partial charge on any atom is 0.243 e. The van der Waals surface area contributed by atoms with Crippen molar-refractivity contribution in [3.63, 3.8) is 0 Å². The van der Waals surface area contributed by atoms with Gasteiger partial charge in [-0.15, -0.1) is 11.8 Å². The van der Waals surface area contributed by atoms with Crippen LogP contribution < -0.4 is 5.32 Å². The summed E-state index contributed by atoms with van der Waals surface area (Å²) in [6.45, 7) is 4.93. The fraction of sp³-hybridized carbons (Fsp3) is 0.310. The Morgan fingerprint density at radius 2 is 1.69 bits per heavy atom. The minimum Gasteiger partial charge on any atom is -0.354 e. The number of nitrogens with one attached hydrogen (secondary N) is 1. The molecule has 3 rings (SSSR count). The molecule has 35 heavy (non-hydrogen) atoms. The first-order valence-corrected chi connectivity index (χ1v) is 13.5. The molecule has 6 heteroatoms. The lowest BCUT2D eigenvalue weighted by Gasteiger charge is -2.31. The molecule has 2 amide bonds. The van der Waals surface area contributed by atoms with E-state index >= 15 is 0 Å². The number of halogens is 1. The average Bonchev–Trinajstić information content (AvgIpc) is 2.86. The number of nitrogens with zero attached hydrogens (tertiary/aromatic N) is 1.